The second-order valence-corrected chi connectivity index (χ2v) is 8.46. The Bertz CT molecular complexity index is 994. The molecule has 0 aliphatic carbocycles. The number of nitro benzene ring substituents is 1. The van der Waals surface area contributed by atoms with Crippen molar-refractivity contribution in [2.24, 2.45) is 0 Å². The number of ether oxygens (including phenoxy) is 1. The van der Waals surface area contributed by atoms with Crippen LogP contribution in [0.15, 0.2) is 52.3 Å². The fourth-order valence-corrected chi connectivity index (χ4v) is 4.23. The number of likely N-dealkylation sites (N-methyl/N-ethyl adjacent to an activating group) is 1. The SMILES string of the molecule is COc1ccc([N+](=O)[O-])cc1S(=O)(=O)N(C)CC(=O)Nc1ccccc1SC. The predicted octanol–water partition coefficient (Wildman–Crippen LogP) is 2.58. The quantitative estimate of drug-likeness (QED) is 0.392. The zero-order chi connectivity index (χ0) is 20.9. The minimum absolute atomic E-state index is 0.0504. The molecule has 0 atom stereocenters. The number of nitrogens with zero attached hydrogens (tertiary/aromatic N) is 2. The molecule has 0 aliphatic rings. The average molecular weight is 425 g/mol. The van der Waals surface area contributed by atoms with E-state index in [0.717, 1.165) is 21.3 Å². The van der Waals surface area contributed by atoms with Crippen molar-refractivity contribution in [3.8, 4) is 5.75 Å². The lowest BCUT2D eigenvalue weighted by Crippen LogP contribution is -2.35. The minimum atomic E-state index is -4.20. The number of nitro groups is 1. The molecule has 0 aliphatic heterocycles. The van der Waals surface area contributed by atoms with Crippen LogP contribution in [-0.4, -0.2) is 50.5 Å². The molecule has 150 valence electrons. The number of hydrogen-bond donors (Lipinski definition) is 1. The number of thioether (sulfide) groups is 1. The van der Waals surface area contributed by atoms with E-state index in [-0.39, 0.29) is 10.6 Å². The van der Waals surface area contributed by atoms with Gasteiger partial charge in [0.15, 0.2) is 0 Å². The first-order valence-corrected chi connectivity index (χ1v) is 10.6. The fraction of sp³-hybridized carbons (Fsp3) is 0.235. The molecule has 11 heteroatoms. The first-order valence-electron chi connectivity index (χ1n) is 7.92. The first-order chi connectivity index (χ1) is 13.2. The van der Waals surface area contributed by atoms with Crippen molar-refractivity contribution in [3.05, 3.63) is 52.6 Å². The Balaban J connectivity index is 2.25. The summed E-state index contributed by atoms with van der Waals surface area (Å²) in [4.78, 5) is 23.1. The lowest BCUT2D eigenvalue weighted by molar-refractivity contribution is -0.385. The maximum Gasteiger partial charge on any atom is 0.271 e. The number of sulfonamides is 1. The summed E-state index contributed by atoms with van der Waals surface area (Å²) in [6.07, 6.45) is 1.86. The number of nitrogens with one attached hydrogen (secondary N) is 1. The van der Waals surface area contributed by atoms with E-state index in [4.69, 9.17) is 4.74 Å². The molecule has 0 aromatic heterocycles. The van der Waals surface area contributed by atoms with Gasteiger partial charge in [0, 0.05) is 24.1 Å². The van der Waals surface area contributed by atoms with Crippen molar-refractivity contribution in [1.82, 2.24) is 4.31 Å². The lowest BCUT2D eigenvalue weighted by atomic mass is 10.3. The van der Waals surface area contributed by atoms with Crippen LogP contribution in [0.4, 0.5) is 11.4 Å². The second-order valence-electron chi connectivity index (χ2n) is 5.60. The molecule has 0 spiro atoms. The van der Waals surface area contributed by atoms with Crippen molar-refractivity contribution in [2.45, 2.75) is 9.79 Å². The molecular formula is C17H19N3O6S2. The van der Waals surface area contributed by atoms with Gasteiger partial charge in [0.25, 0.3) is 5.69 Å². The van der Waals surface area contributed by atoms with Crippen LogP contribution in [0.3, 0.4) is 0 Å². The summed E-state index contributed by atoms with van der Waals surface area (Å²) >= 11 is 1.44. The van der Waals surface area contributed by atoms with Gasteiger partial charge in [0.1, 0.15) is 10.6 Å². The Morgan fingerprint density at radius 2 is 1.96 bits per heavy atom. The predicted molar refractivity (Wildman–Crippen MR) is 106 cm³/mol. The molecule has 0 fully saturated rings. The largest absolute Gasteiger partial charge is 0.495 e. The highest BCUT2D eigenvalue weighted by Gasteiger charge is 2.28. The fourth-order valence-electron chi connectivity index (χ4n) is 2.37. The molecule has 0 unspecified atom stereocenters. The molecule has 0 bridgehead atoms. The van der Waals surface area contributed by atoms with E-state index in [1.807, 2.05) is 18.4 Å². The Hall–Kier alpha value is -2.63. The summed E-state index contributed by atoms with van der Waals surface area (Å²) in [5.74, 6) is -0.595. The number of carbonyl (C=O) groups is 1. The number of anilines is 1. The third-order valence-corrected chi connectivity index (χ3v) is 6.41. The van der Waals surface area contributed by atoms with Crippen molar-refractivity contribution in [2.75, 3.05) is 32.3 Å². The topological polar surface area (TPSA) is 119 Å². The average Bonchev–Trinajstić information content (AvgIpc) is 2.67. The molecule has 1 amide bonds. The van der Waals surface area contributed by atoms with Crippen molar-refractivity contribution < 1.29 is 22.9 Å². The van der Waals surface area contributed by atoms with E-state index >= 15 is 0 Å². The van der Waals surface area contributed by atoms with Gasteiger partial charge in [-0.25, -0.2) is 8.42 Å². The van der Waals surface area contributed by atoms with Crippen LogP contribution in [0.5, 0.6) is 5.75 Å². The number of benzene rings is 2. The number of non-ortho nitro benzene ring substituents is 1. The number of methoxy groups -OCH3 is 1. The summed E-state index contributed by atoms with van der Waals surface area (Å²) < 4.78 is 31.5. The summed E-state index contributed by atoms with van der Waals surface area (Å²) in [6.45, 7) is -0.475. The van der Waals surface area contributed by atoms with Gasteiger partial charge >= 0.3 is 0 Å². The van der Waals surface area contributed by atoms with Gasteiger partial charge in [-0.1, -0.05) is 12.1 Å². The summed E-state index contributed by atoms with van der Waals surface area (Å²) in [5.41, 5.74) is 0.171. The van der Waals surface area contributed by atoms with Crippen molar-refractivity contribution >= 4 is 39.1 Å². The molecule has 2 aromatic rings. The molecule has 0 heterocycles. The normalized spacial score (nSPS) is 11.3. The number of carbonyl (C=O) groups excluding carboxylic acids is 1. The highest BCUT2D eigenvalue weighted by molar-refractivity contribution is 7.98. The smallest absolute Gasteiger partial charge is 0.271 e. The van der Waals surface area contributed by atoms with Gasteiger partial charge in [-0.3, -0.25) is 14.9 Å². The maximum absolute atomic E-state index is 12.8. The van der Waals surface area contributed by atoms with Gasteiger partial charge in [-0.2, -0.15) is 4.31 Å². The molecule has 0 saturated carbocycles. The van der Waals surface area contributed by atoms with Crippen LogP contribution in [0.25, 0.3) is 0 Å². The summed E-state index contributed by atoms with van der Waals surface area (Å²) in [5, 5.41) is 13.6. The van der Waals surface area contributed by atoms with Crippen LogP contribution in [0.1, 0.15) is 0 Å². The number of para-hydroxylation sites is 1. The highest BCUT2D eigenvalue weighted by Crippen LogP contribution is 2.30. The third-order valence-electron chi connectivity index (χ3n) is 3.79. The van der Waals surface area contributed by atoms with Crippen LogP contribution < -0.4 is 10.1 Å². The number of hydrogen-bond acceptors (Lipinski definition) is 7. The molecule has 0 saturated heterocycles. The Morgan fingerprint density at radius 3 is 2.57 bits per heavy atom. The molecule has 2 rings (SSSR count). The zero-order valence-corrected chi connectivity index (χ0v) is 17.0. The lowest BCUT2D eigenvalue weighted by Gasteiger charge is -2.19. The van der Waals surface area contributed by atoms with E-state index in [9.17, 15) is 23.3 Å². The molecule has 1 N–H and O–H groups in total. The molecule has 28 heavy (non-hydrogen) atoms. The van der Waals surface area contributed by atoms with Gasteiger partial charge in [-0.05, 0) is 24.5 Å². The number of amides is 1. The summed E-state index contributed by atoms with van der Waals surface area (Å²) in [7, 11) is -1.73. The van der Waals surface area contributed by atoms with E-state index < -0.39 is 33.1 Å². The van der Waals surface area contributed by atoms with Crippen molar-refractivity contribution in [1.29, 1.82) is 0 Å². The number of rotatable bonds is 8. The first kappa shape index (κ1) is 21.7. The van der Waals surface area contributed by atoms with Crippen LogP contribution in [0.2, 0.25) is 0 Å². The van der Waals surface area contributed by atoms with Crippen LogP contribution in [0, 0.1) is 10.1 Å². The highest BCUT2D eigenvalue weighted by atomic mass is 32.2. The van der Waals surface area contributed by atoms with E-state index in [2.05, 4.69) is 5.32 Å². The second kappa shape index (κ2) is 9.04. The third kappa shape index (κ3) is 4.80. The van der Waals surface area contributed by atoms with Crippen LogP contribution >= 0.6 is 11.8 Å². The van der Waals surface area contributed by atoms with Gasteiger partial charge in [0.05, 0.1) is 24.3 Å². The van der Waals surface area contributed by atoms with E-state index in [1.165, 1.54) is 32.0 Å². The minimum Gasteiger partial charge on any atom is -0.495 e. The van der Waals surface area contributed by atoms with Gasteiger partial charge < -0.3 is 10.1 Å². The van der Waals surface area contributed by atoms with Crippen molar-refractivity contribution in [3.63, 3.8) is 0 Å². The van der Waals surface area contributed by atoms with E-state index in [1.54, 1.807) is 12.1 Å². The monoisotopic (exact) mass is 425 g/mol. The molecular weight excluding hydrogens is 406 g/mol. The van der Waals surface area contributed by atoms with Crippen LogP contribution in [-0.2, 0) is 14.8 Å². The van der Waals surface area contributed by atoms with Gasteiger partial charge in [-0.15, -0.1) is 11.8 Å². The summed E-state index contributed by atoms with van der Waals surface area (Å²) in [6, 6.07) is 10.4. The standard InChI is InChI=1S/C17H19N3O6S2/c1-19(11-17(21)18-13-6-4-5-7-15(13)27-3)28(24,25)16-10-12(20(22)23)8-9-14(16)26-2/h4-10H,11H2,1-3H3,(H,18,21). The Kier molecular flexibility index (Phi) is 7.00. The zero-order valence-electron chi connectivity index (χ0n) is 15.4. The molecule has 0 radical (unpaired) electrons. The Morgan fingerprint density at radius 1 is 1.29 bits per heavy atom. The van der Waals surface area contributed by atoms with Gasteiger partial charge in [0.2, 0.25) is 15.9 Å². The van der Waals surface area contributed by atoms with E-state index in [0.29, 0.717) is 5.69 Å². The molecule has 9 nitrogen and oxygen atoms in total. The maximum atomic E-state index is 12.8. The Labute approximate surface area is 166 Å². The molecule has 2 aromatic carbocycles.